The zero-order valence-electron chi connectivity index (χ0n) is 16.6. The summed E-state index contributed by atoms with van der Waals surface area (Å²) in [6.45, 7) is 2.33. The lowest BCUT2D eigenvalue weighted by molar-refractivity contribution is 0.0746. The van der Waals surface area contributed by atoms with Crippen LogP contribution in [0.15, 0.2) is 30.3 Å². The number of nitrogens with zero attached hydrogens (tertiary/aromatic N) is 3. The van der Waals surface area contributed by atoms with Gasteiger partial charge in [0.1, 0.15) is 11.5 Å². The van der Waals surface area contributed by atoms with Crippen molar-refractivity contribution >= 4 is 22.7 Å². The quantitative estimate of drug-likeness (QED) is 0.697. The lowest BCUT2D eigenvalue weighted by Gasteiger charge is -2.17. The van der Waals surface area contributed by atoms with Gasteiger partial charge >= 0.3 is 0 Å². The number of nitrogens with one attached hydrogen (secondary N) is 1. The van der Waals surface area contributed by atoms with Crippen molar-refractivity contribution in [2.45, 2.75) is 25.9 Å². The van der Waals surface area contributed by atoms with Crippen LogP contribution in [0.2, 0.25) is 0 Å². The second-order valence-electron chi connectivity index (χ2n) is 7.78. The van der Waals surface area contributed by atoms with Gasteiger partial charge in [0.25, 0.3) is 11.8 Å². The molecule has 0 bridgehead atoms. The van der Waals surface area contributed by atoms with Gasteiger partial charge in [0.05, 0.1) is 18.2 Å². The van der Waals surface area contributed by atoms with Gasteiger partial charge < -0.3 is 19.6 Å². The number of fused-ring (bicyclic) bond motifs is 2. The minimum atomic E-state index is -0.287. The van der Waals surface area contributed by atoms with E-state index in [0.717, 1.165) is 29.7 Å². The highest BCUT2D eigenvalue weighted by atomic mass is 16.5. The summed E-state index contributed by atoms with van der Waals surface area (Å²) < 4.78 is 5.27. The van der Waals surface area contributed by atoms with E-state index in [1.165, 1.54) is 6.07 Å². The molecule has 2 aliphatic heterocycles. The van der Waals surface area contributed by atoms with Crippen LogP contribution in [-0.4, -0.2) is 57.1 Å². The Bertz CT molecular complexity index is 1160. The zero-order chi connectivity index (χ0) is 20.8. The maximum absolute atomic E-state index is 13.2. The summed E-state index contributed by atoms with van der Waals surface area (Å²) in [5.41, 5.74) is 3.06. The summed E-state index contributed by atoms with van der Waals surface area (Å²) in [5.74, 6) is 0.175. The second-order valence-corrected chi connectivity index (χ2v) is 7.78. The van der Waals surface area contributed by atoms with Crippen molar-refractivity contribution in [2.24, 2.45) is 0 Å². The molecule has 3 aromatic rings. The van der Waals surface area contributed by atoms with Crippen LogP contribution in [0.1, 0.15) is 44.8 Å². The topological polar surface area (TPSA) is 98.8 Å². The number of aromatic amines is 1. The van der Waals surface area contributed by atoms with Crippen molar-refractivity contribution in [1.29, 1.82) is 0 Å². The largest absolute Gasteiger partial charge is 0.507 e. The number of rotatable bonds is 3. The fraction of sp³-hybridized carbons (Fsp3) is 0.318. The van der Waals surface area contributed by atoms with E-state index < -0.39 is 0 Å². The highest BCUT2D eigenvalue weighted by molar-refractivity contribution is 6.08. The molecule has 1 aromatic heterocycles. The Hall–Kier alpha value is -3.55. The summed E-state index contributed by atoms with van der Waals surface area (Å²) >= 11 is 0. The Morgan fingerprint density at radius 3 is 2.57 bits per heavy atom. The number of carbonyl (C=O) groups excluding carboxylic acids is 2. The standard InChI is InChI=1S/C22H22N4O4/c1-30-15-5-4-13-11-26(12-14(13)8-15)21(28)17-9-16-18(10-19(17)27)23-24-20(16)22(29)25-6-2-3-7-25/h4-5,8-10,27H,2-3,6-7,11-12H2,1H3,(H,23,24). The highest BCUT2D eigenvalue weighted by Gasteiger charge is 2.29. The lowest BCUT2D eigenvalue weighted by Crippen LogP contribution is -2.28. The molecular weight excluding hydrogens is 384 g/mol. The summed E-state index contributed by atoms with van der Waals surface area (Å²) in [5, 5.41) is 18.0. The molecule has 3 heterocycles. The van der Waals surface area contributed by atoms with Crippen LogP contribution < -0.4 is 4.74 Å². The molecule has 8 heteroatoms. The first-order valence-corrected chi connectivity index (χ1v) is 10.0. The molecule has 0 saturated carbocycles. The van der Waals surface area contributed by atoms with Crippen LogP contribution in [0.4, 0.5) is 0 Å². The van der Waals surface area contributed by atoms with Gasteiger partial charge in [-0.25, -0.2) is 0 Å². The number of hydrogen-bond donors (Lipinski definition) is 2. The van der Waals surface area contributed by atoms with Gasteiger partial charge in [0.15, 0.2) is 5.69 Å². The van der Waals surface area contributed by atoms with E-state index in [1.807, 2.05) is 18.2 Å². The molecule has 30 heavy (non-hydrogen) atoms. The number of hydrogen-bond acceptors (Lipinski definition) is 5. The first kappa shape index (κ1) is 18.5. The number of H-pyrrole nitrogens is 1. The SMILES string of the molecule is COc1ccc2c(c1)CN(C(=O)c1cc3c(C(=O)N4CCCC4)n[nH]c3cc1O)C2. The van der Waals surface area contributed by atoms with Gasteiger partial charge in [0.2, 0.25) is 0 Å². The minimum Gasteiger partial charge on any atom is -0.507 e. The molecule has 2 aromatic carbocycles. The maximum atomic E-state index is 13.2. The second kappa shape index (κ2) is 7.05. The number of phenolic OH excluding ortho intramolecular Hbond substituents is 1. The van der Waals surface area contributed by atoms with Crippen LogP contribution >= 0.6 is 0 Å². The molecule has 154 valence electrons. The summed E-state index contributed by atoms with van der Waals surface area (Å²) in [7, 11) is 1.61. The summed E-state index contributed by atoms with van der Waals surface area (Å²) in [4.78, 5) is 29.5. The van der Waals surface area contributed by atoms with Gasteiger partial charge in [-0.2, -0.15) is 5.10 Å². The van der Waals surface area contributed by atoms with Gasteiger partial charge in [0, 0.05) is 37.6 Å². The Balaban J connectivity index is 1.46. The van der Waals surface area contributed by atoms with Gasteiger partial charge in [-0.05, 0) is 42.2 Å². The molecule has 0 aliphatic carbocycles. The Kier molecular flexibility index (Phi) is 4.34. The number of likely N-dealkylation sites (tertiary alicyclic amines) is 1. The first-order valence-electron chi connectivity index (χ1n) is 10.0. The molecular formula is C22H22N4O4. The minimum absolute atomic E-state index is 0.134. The smallest absolute Gasteiger partial charge is 0.274 e. The molecule has 2 aliphatic rings. The number of ether oxygens (including phenoxy) is 1. The van der Waals surface area contributed by atoms with E-state index in [0.29, 0.717) is 37.1 Å². The average molecular weight is 406 g/mol. The molecule has 0 spiro atoms. The normalized spacial score (nSPS) is 15.6. The van der Waals surface area contributed by atoms with E-state index in [9.17, 15) is 14.7 Å². The fourth-order valence-electron chi connectivity index (χ4n) is 4.27. The molecule has 1 fully saturated rings. The van der Waals surface area contributed by atoms with Crippen molar-refractivity contribution in [1.82, 2.24) is 20.0 Å². The Morgan fingerprint density at radius 1 is 1.03 bits per heavy atom. The van der Waals surface area contributed by atoms with Crippen LogP contribution in [0, 0.1) is 0 Å². The van der Waals surface area contributed by atoms with Crippen molar-refractivity contribution in [3.8, 4) is 11.5 Å². The summed E-state index contributed by atoms with van der Waals surface area (Å²) in [6.07, 6.45) is 1.97. The van der Waals surface area contributed by atoms with Crippen molar-refractivity contribution in [3.63, 3.8) is 0 Å². The number of aromatic nitrogens is 2. The first-order chi connectivity index (χ1) is 14.5. The number of amides is 2. The molecule has 8 nitrogen and oxygen atoms in total. The fourth-order valence-corrected chi connectivity index (χ4v) is 4.27. The van der Waals surface area contributed by atoms with Crippen molar-refractivity contribution in [3.05, 3.63) is 52.7 Å². The Morgan fingerprint density at radius 2 is 1.80 bits per heavy atom. The number of phenols is 1. The molecule has 5 rings (SSSR count). The van der Waals surface area contributed by atoms with Gasteiger partial charge in [-0.1, -0.05) is 6.07 Å². The Labute approximate surface area is 173 Å². The van der Waals surface area contributed by atoms with E-state index >= 15 is 0 Å². The molecule has 2 amide bonds. The van der Waals surface area contributed by atoms with Crippen LogP contribution in [0.25, 0.3) is 10.9 Å². The highest BCUT2D eigenvalue weighted by Crippen LogP contribution is 2.32. The number of carbonyl (C=O) groups is 2. The summed E-state index contributed by atoms with van der Waals surface area (Å²) in [6, 6.07) is 8.78. The third kappa shape index (κ3) is 2.96. The maximum Gasteiger partial charge on any atom is 0.274 e. The number of aromatic hydroxyl groups is 1. The van der Waals surface area contributed by atoms with Crippen molar-refractivity contribution in [2.75, 3.05) is 20.2 Å². The van der Waals surface area contributed by atoms with Crippen LogP contribution in [0.5, 0.6) is 11.5 Å². The average Bonchev–Trinajstić information content (AvgIpc) is 3.50. The lowest BCUT2D eigenvalue weighted by atomic mass is 10.1. The van der Waals surface area contributed by atoms with E-state index in [4.69, 9.17) is 4.74 Å². The third-order valence-corrected chi connectivity index (χ3v) is 5.93. The van der Waals surface area contributed by atoms with Gasteiger partial charge in [-0.15, -0.1) is 0 Å². The molecule has 0 radical (unpaired) electrons. The van der Waals surface area contributed by atoms with Gasteiger partial charge in [-0.3, -0.25) is 14.7 Å². The monoisotopic (exact) mass is 406 g/mol. The van der Waals surface area contributed by atoms with E-state index in [-0.39, 0.29) is 28.8 Å². The predicted molar refractivity (Wildman–Crippen MR) is 109 cm³/mol. The van der Waals surface area contributed by atoms with Crippen LogP contribution in [0.3, 0.4) is 0 Å². The van der Waals surface area contributed by atoms with E-state index in [2.05, 4.69) is 10.2 Å². The molecule has 2 N–H and O–H groups in total. The third-order valence-electron chi connectivity index (χ3n) is 5.93. The molecule has 0 atom stereocenters. The molecule has 0 unspecified atom stereocenters. The van der Waals surface area contributed by atoms with E-state index in [1.54, 1.807) is 23.0 Å². The molecule has 1 saturated heterocycles. The number of methoxy groups -OCH3 is 1. The van der Waals surface area contributed by atoms with Crippen molar-refractivity contribution < 1.29 is 19.4 Å². The van der Waals surface area contributed by atoms with Crippen LogP contribution in [-0.2, 0) is 13.1 Å². The number of benzene rings is 2. The zero-order valence-corrected chi connectivity index (χ0v) is 16.6. The predicted octanol–water partition coefficient (Wildman–Crippen LogP) is 2.67.